The van der Waals surface area contributed by atoms with E-state index < -0.39 is 17.5 Å². The third-order valence-electron chi connectivity index (χ3n) is 7.11. The predicted molar refractivity (Wildman–Crippen MR) is 121 cm³/mol. The fraction of sp³-hybridized carbons (Fsp3) is 0.360. The van der Waals surface area contributed by atoms with E-state index in [1.165, 1.54) is 0 Å². The Hall–Kier alpha value is -3.69. The zero-order valence-electron chi connectivity index (χ0n) is 19.5. The molecule has 180 valence electrons. The highest BCUT2D eigenvalue weighted by Gasteiger charge is 2.44. The van der Waals surface area contributed by atoms with Crippen molar-refractivity contribution in [1.82, 2.24) is 29.3 Å². The largest absolute Gasteiger partial charge is 0.325 e. The second-order valence-electron chi connectivity index (χ2n) is 9.45. The molecule has 2 aliphatic heterocycles. The molecule has 0 saturated carbocycles. The molecule has 1 fully saturated rings. The molecule has 4 aromatic rings. The van der Waals surface area contributed by atoms with Crippen LogP contribution in [0.1, 0.15) is 58.4 Å². The van der Waals surface area contributed by atoms with Crippen molar-refractivity contribution in [2.45, 2.75) is 51.6 Å². The van der Waals surface area contributed by atoms with E-state index >= 15 is 0 Å². The first-order valence-electron chi connectivity index (χ1n) is 11.6. The van der Waals surface area contributed by atoms with Crippen LogP contribution in [0.2, 0.25) is 0 Å². The summed E-state index contributed by atoms with van der Waals surface area (Å²) in [4.78, 5) is 20.2. The molecule has 0 spiro atoms. The Bertz CT molecular complexity index is 1500. The van der Waals surface area contributed by atoms with Gasteiger partial charge in [0.25, 0.3) is 5.91 Å². The van der Waals surface area contributed by atoms with Crippen molar-refractivity contribution in [3.63, 3.8) is 0 Å². The van der Waals surface area contributed by atoms with E-state index in [9.17, 15) is 18.0 Å². The molecule has 35 heavy (non-hydrogen) atoms. The molecule has 6 rings (SSSR count). The van der Waals surface area contributed by atoms with Gasteiger partial charge in [0.2, 0.25) is 0 Å². The van der Waals surface area contributed by atoms with Gasteiger partial charge in [0.15, 0.2) is 23.1 Å². The molecule has 0 unspecified atom stereocenters. The zero-order valence-corrected chi connectivity index (χ0v) is 19.5. The summed E-state index contributed by atoms with van der Waals surface area (Å²) in [7, 11) is 1.70. The third-order valence-corrected chi connectivity index (χ3v) is 7.11. The van der Waals surface area contributed by atoms with Gasteiger partial charge in [-0.05, 0) is 57.7 Å². The number of amides is 1. The number of halogens is 3. The lowest BCUT2D eigenvalue weighted by Gasteiger charge is -2.45. The van der Waals surface area contributed by atoms with Crippen LogP contribution in [0.5, 0.6) is 0 Å². The van der Waals surface area contributed by atoms with Crippen LogP contribution in [0.4, 0.5) is 13.2 Å². The minimum Gasteiger partial charge on any atom is -0.325 e. The Morgan fingerprint density at radius 2 is 1.77 bits per heavy atom. The lowest BCUT2D eigenvalue weighted by Crippen LogP contribution is -2.50. The maximum atomic E-state index is 14.0. The van der Waals surface area contributed by atoms with E-state index in [4.69, 9.17) is 0 Å². The molecule has 10 heteroatoms. The number of carbonyl (C=O) groups excluding carboxylic acids is 1. The normalized spacial score (nSPS) is 19.3. The molecule has 2 bridgehead atoms. The molecule has 7 nitrogen and oxygen atoms in total. The van der Waals surface area contributed by atoms with Gasteiger partial charge in [-0.2, -0.15) is 10.2 Å². The van der Waals surface area contributed by atoms with E-state index in [0.29, 0.717) is 23.5 Å². The smallest absolute Gasteiger partial charge is 0.273 e. The third kappa shape index (κ3) is 3.26. The Balaban J connectivity index is 1.43. The highest BCUT2D eigenvalue weighted by molar-refractivity contribution is 5.94. The van der Waals surface area contributed by atoms with Gasteiger partial charge in [-0.1, -0.05) is 0 Å². The number of fused-ring (bicyclic) bond motifs is 5. The molecule has 0 radical (unpaired) electrons. The average molecular weight is 480 g/mol. The van der Waals surface area contributed by atoms with Gasteiger partial charge in [0, 0.05) is 36.0 Å². The molecule has 0 aliphatic carbocycles. The van der Waals surface area contributed by atoms with Crippen LogP contribution < -0.4 is 0 Å². The molecule has 5 heterocycles. The summed E-state index contributed by atoms with van der Waals surface area (Å²) in [5.41, 5.74) is 4.95. The van der Waals surface area contributed by atoms with Crippen molar-refractivity contribution in [1.29, 1.82) is 0 Å². The highest BCUT2D eigenvalue weighted by Crippen LogP contribution is 2.45. The van der Waals surface area contributed by atoms with Crippen LogP contribution in [0.15, 0.2) is 24.3 Å². The Kier molecular flexibility index (Phi) is 4.77. The van der Waals surface area contributed by atoms with E-state index in [-0.39, 0.29) is 23.6 Å². The van der Waals surface area contributed by atoms with Crippen molar-refractivity contribution >= 4 is 11.6 Å². The van der Waals surface area contributed by atoms with Crippen LogP contribution in [0, 0.1) is 31.3 Å². The van der Waals surface area contributed by atoms with Crippen LogP contribution in [-0.2, 0) is 13.5 Å². The second-order valence-corrected chi connectivity index (χ2v) is 9.45. The number of aryl methyl sites for hydroxylation is 3. The number of nitrogens with zero attached hydrogens (tertiary/aromatic N) is 6. The maximum Gasteiger partial charge on any atom is 0.273 e. The Labute approximate surface area is 199 Å². The number of carbonyl (C=O) groups is 1. The van der Waals surface area contributed by atoms with Gasteiger partial charge >= 0.3 is 0 Å². The van der Waals surface area contributed by atoms with Gasteiger partial charge in [0.05, 0.1) is 23.1 Å². The number of hydrogen-bond donors (Lipinski definition) is 0. The van der Waals surface area contributed by atoms with E-state index in [2.05, 4.69) is 15.2 Å². The van der Waals surface area contributed by atoms with Crippen LogP contribution >= 0.6 is 0 Å². The van der Waals surface area contributed by atoms with E-state index in [0.717, 1.165) is 54.0 Å². The molecule has 1 aromatic carbocycles. The van der Waals surface area contributed by atoms with Gasteiger partial charge < -0.3 is 4.90 Å². The summed E-state index contributed by atoms with van der Waals surface area (Å²) in [5, 5.41) is 9.09. The van der Waals surface area contributed by atoms with Crippen molar-refractivity contribution in [2.24, 2.45) is 7.05 Å². The minimum atomic E-state index is -1.49. The van der Waals surface area contributed by atoms with Crippen LogP contribution in [0.3, 0.4) is 0 Å². The number of hydrogen-bond acceptors (Lipinski definition) is 4. The number of aromatic nitrogens is 5. The molecule has 2 atom stereocenters. The van der Waals surface area contributed by atoms with E-state index in [1.807, 2.05) is 24.8 Å². The number of benzene rings is 1. The van der Waals surface area contributed by atoms with E-state index in [1.54, 1.807) is 22.3 Å². The first-order valence-corrected chi connectivity index (χ1v) is 11.6. The fourth-order valence-electron chi connectivity index (χ4n) is 5.68. The quantitative estimate of drug-likeness (QED) is 0.398. The fourth-order valence-corrected chi connectivity index (χ4v) is 5.68. The molecule has 1 amide bonds. The van der Waals surface area contributed by atoms with Gasteiger partial charge in [-0.3, -0.25) is 9.48 Å². The van der Waals surface area contributed by atoms with Crippen molar-refractivity contribution in [2.75, 3.05) is 0 Å². The highest BCUT2D eigenvalue weighted by atomic mass is 19.2. The average Bonchev–Trinajstić information content (AvgIpc) is 3.35. The van der Waals surface area contributed by atoms with Crippen LogP contribution in [-0.4, -0.2) is 41.2 Å². The van der Waals surface area contributed by atoms with Crippen molar-refractivity contribution in [3.05, 3.63) is 70.1 Å². The van der Waals surface area contributed by atoms with Gasteiger partial charge in [-0.15, -0.1) is 0 Å². The molecular formula is C25H23F3N6O. The van der Waals surface area contributed by atoms with Gasteiger partial charge in [-0.25, -0.2) is 22.7 Å². The summed E-state index contributed by atoms with van der Waals surface area (Å²) in [6.45, 7) is 3.77. The number of rotatable bonds is 2. The molecular weight excluding hydrogens is 457 g/mol. The van der Waals surface area contributed by atoms with Gasteiger partial charge in [0.1, 0.15) is 5.69 Å². The summed E-state index contributed by atoms with van der Waals surface area (Å²) in [5.74, 6) is -4.14. The summed E-state index contributed by atoms with van der Waals surface area (Å²) in [6.07, 6.45) is 2.96. The standard InChI is InChI=1S/C25H23F3N6O/c1-12-7-21-29-19(8-13(2)34(21)30-12)25(35)33-15-5-4-6-20(33)23-16(11-15)24(32(3)31-23)14-9-17(26)22(28)18(27)10-14/h7-10,15,20H,4-6,11H2,1-3H3/t15-,20+/m1/s1. The number of piperidine rings is 1. The SMILES string of the molecule is Cc1cc2nc(C(=O)N3[C@@H]4CCC[C@H]3c3nn(C)c(-c5cc(F)c(F)c(F)c5)c3C4)cc(C)n2n1. The lowest BCUT2D eigenvalue weighted by molar-refractivity contribution is 0.0386. The summed E-state index contributed by atoms with van der Waals surface area (Å²) >= 11 is 0. The van der Waals surface area contributed by atoms with Crippen molar-refractivity contribution < 1.29 is 18.0 Å². The predicted octanol–water partition coefficient (Wildman–Crippen LogP) is 4.46. The lowest BCUT2D eigenvalue weighted by atomic mass is 9.81. The molecule has 0 N–H and O–H groups in total. The first kappa shape index (κ1) is 21.8. The summed E-state index contributed by atoms with van der Waals surface area (Å²) in [6, 6.07) is 5.21. The molecule has 2 aliphatic rings. The maximum absolute atomic E-state index is 14.0. The zero-order chi connectivity index (χ0) is 24.6. The Morgan fingerprint density at radius 3 is 2.51 bits per heavy atom. The molecule has 3 aromatic heterocycles. The minimum absolute atomic E-state index is 0.100. The topological polar surface area (TPSA) is 68.3 Å². The monoisotopic (exact) mass is 480 g/mol. The first-order chi connectivity index (χ1) is 16.7. The van der Waals surface area contributed by atoms with Crippen LogP contribution in [0.25, 0.3) is 16.9 Å². The van der Waals surface area contributed by atoms with Crippen molar-refractivity contribution in [3.8, 4) is 11.3 Å². The summed E-state index contributed by atoms with van der Waals surface area (Å²) < 4.78 is 44.9. The Morgan fingerprint density at radius 1 is 1.03 bits per heavy atom. The second kappa shape index (κ2) is 7.66. The molecule has 1 saturated heterocycles.